The van der Waals surface area contributed by atoms with Crippen LogP contribution in [0.4, 0.5) is 4.39 Å². The summed E-state index contributed by atoms with van der Waals surface area (Å²) in [6.07, 6.45) is 0.385. The van der Waals surface area contributed by atoms with Gasteiger partial charge in [0, 0.05) is 6.54 Å². The first-order chi connectivity index (χ1) is 16.1. The second kappa shape index (κ2) is 10.5. The first kappa shape index (κ1) is 25.7. The standard InChI is InChI=1S/C24H26FNO6S2/c1-4-32-23-15-18(6-12-22(23)31-3)13-14-26-34(29,30)24-16-21(9-5-17(24)2)33(27,28)20-10-7-19(25)8-11-20/h5-12,15-16,26H,4,13-14H2,1-3H3. The SMILES string of the molecule is CCOc1cc(CCNS(=O)(=O)c2cc(S(=O)(=O)c3ccc(F)cc3)ccc2C)ccc1OC. The van der Waals surface area contributed by atoms with Crippen LogP contribution in [0.1, 0.15) is 18.1 Å². The average Bonchev–Trinajstić information content (AvgIpc) is 2.80. The third-order valence-corrected chi connectivity index (χ3v) is 8.49. The van der Waals surface area contributed by atoms with Gasteiger partial charge in [0.25, 0.3) is 0 Å². The van der Waals surface area contributed by atoms with Gasteiger partial charge in [0.2, 0.25) is 19.9 Å². The Morgan fingerprint density at radius 2 is 1.56 bits per heavy atom. The lowest BCUT2D eigenvalue weighted by Crippen LogP contribution is -2.27. The second-order valence-corrected chi connectivity index (χ2v) is 11.1. The quantitative estimate of drug-likeness (QED) is 0.418. The van der Waals surface area contributed by atoms with Gasteiger partial charge in [-0.3, -0.25) is 0 Å². The van der Waals surface area contributed by atoms with Gasteiger partial charge >= 0.3 is 0 Å². The lowest BCUT2D eigenvalue weighted by atomic mass is 10.1. The van der Waals surface area contributed by atoms with Crippen LogP contribution in [0.15, 0.2) is 75.4 Å². The van der Waals surface area contributed by atoms with Gasteiger partial charge < -0.3 is 9.47 Å². The number of ether oxygens (including phenoxy) is 2. The van der Waals surface area contributed by atoms with Gasteiger partial charge in [-0.05, 0) is 79.9 Å². The van der Waals surface area contributed by atoms with Gasteiger partial charge in [0.05, 0.1) is 28.4 Å². The van der Waals surface area contributed by atoms with Crippen molar-refractivity contribution in [3.63, 3.8) is 0 Å². The van der Waals surface area contributed by atoms with Crippen LogP contribution < -0.4 is 14.2 Å². The molecule has 0 fully saturated rings. The van der Waals surface area contributed by atoms with E-state index >= 15 is 0 Å². The number of hydrogen-bond acceptors (Lipinski definition) is 6. The van der Waals surface area contributed by atoms with Crippen molar-refractivity contribution in [2.45, 2.75) is 35.0 Å². The van der Waals surface area contributed by atoms with Crippen molar-refractivity contribution in [3.8, 4) is 11.5 Å². The van der Waals surface area contributed by atoms with Gasteiger partial charge in [0.15, 0.2) is 11.5 Å². The lowest BCUT2D eigenvalue weighted by molar-refractivity contribution is 0.310. The van der Waals surface area contributed by atoms with E-state index in [4.69, 9.17) is 9.47 Å². The summed E-state index contributed by atoms with van der Waals surface area (Å²) in [5.74, 6) is 0.585. The zero-order valence-electron chi connectivity index (χ0n) is 19.0. The molecule has 34 heavy (non-hydrogen) atoms. The van der Waals surface area contributed by atoms with Crippen LogP contribution in [-0.4, -0.2) is 37.1 Å². The maximum Gasteiger partial charge on any atom is 0.240 e. The Kier molecular flexibility index (Phi) is 7.96. The lowest BCUT2D eigenvalue weighted by Gasteiger charge is -2.13. The van der Waals surface area contributed by atoms with Crippen LogP contribution in [0.2, 0.25) is 0 Å². The van der Waals surface area contributed by atoms with Crippen LogP contribution in [0.5, 0.6) is 11.5 Å². The summed E-state index contributed by atoms with van der Waals surface area (Å²) in [6, 6.07) is 13.6. The van der Waals surface area contributed by atoms with Crippen molar-refractivity contribution in [3.05, 3.63) is 77.6 Å². The zero-order chi connectivity index (χ0) is 24.9. The molecule has 0 atom stereocenters. The molecule has 0 unspecified atom stereocenters. The number of rotatable bonds is 10. The Morgan fingerprint density at radius 1 is 0.882 bits per heavy atom. The molecule has 0 aliphatic rings. The van der Waals surface area contributed by atoms with E-state index in [-0.39, 0.29) is 21.2 Å². The van der Waals surface area contributed by atoms with E-state index in [1.165, 1.54) is 12.1 Å². The molecule has 0 aliphatic carbocycles. The van der Waals surface area contributed by atoms with E-state index in [1.807, 2.05) is 13.0 Å². The molecule has 3 aromatic rings. The van der Waals surface area contributed by atoms with Gasteiger partial charge in [-0.2, -0.15) is 0 Å². The number of sulfone groups is 1. The van der Waals surface area contributed by atoms with E-state index in [0.29, 0.717) is 30.1 Å². The van der Waals surface area contributed by atoms with Crippen LogP contribution in [0, 0.1) is 12.7 Å². The van der Waals surface area contributed by atoms with E-state index < -0.39 is 25.7 Å². The highest BCUT2D eigenvalue weighted by Gasteiger charge is 2.23. The van der Waals surface area contributed by atoms with Crippen molar-refractivity contribution >= 4 is 19.9 Å². The third kappa shape index (κ3) is 5.75. The summed E-state index contributed by atoms with van der Waals surface area (Å²) in [5, 5.41) is 0. The van der Waals surface area contributed by atoms with Crippen LogP contribution in [0.25, 0.3) is 0 Å². The Morgan fingerprint density at radius 3 is 2.21 bits per heavy atom. The fraction of sp³-hybridized carbons (Fsp3) is 0.250. The van der Waals surface area contributed by atoms with Gasteiger partial charge in [-0.15, -0.1) is 0 Å². The molecule has 0 aliphatic heterocycles. The summed E-state index contributed by atoms with van der Waals surface area (Å²) < 4.78 is 78.3. The molecule has 0 aromatic heterocycles. The number of benzene rings is 3. The normalized spacial score (nSPS) is 11.9. The average molecular weight is 508 g/mol. The van der Waals surface area contributed by atoms with Crippen molar-refractivity contribution in [1.29, 1.82) is 0 Å². The minimum absolute atomic E-state index is 0.0919. The third-order valence-electron chi connectivity index (χ3n) is 5.12. The molecule has 0 heterocycles. The molecule has 0 spiro atoms. The minimum Gasteiger partial charge on any atom is -0.493 e. The van der Waals surface area contributed by atoms with E-state index in [2.05, 4.69) is 4.72 Å². The maximum absolute atomic E-state index is 13.2. The number of aryl methyl sites for hydroxylation is 1. The molecule has 3 aromatic carbocycles. The number of hydrogen-bond donors (Lipinski definition) is 1. The monoisotopic (exact) mass is 507 g/mol. The molecule has 0 radical (unpaired) electrons. The first-order valence-electron chi connectivity index (χ1n) is 10.5. The fourth-order valence-electron chi connectivity index (χ4n) is 3.34. The molecule has 0 saturated carbocycles. The van der Waals surface area contributed by atoms with Gasteiger partial charge in [-0.1, -0.05) is 12.1 Å². The Balaban J connectivity index is 1.80. The van der Waals surface area contributed by atoms with Gasteiger partial charge in [0.1, 0.15) is 5.82 Å². The fourth-order valence-corrected chi connectivity index (χ4v) is 6.00. The summed E-state index contributed by atoms with van der Waals surface area (Å²) in [5.41, 5.74) is 1.24. The second-order valence-electron chi connectivity index (χ2n) is 7.45. The smallest absolute Gasteiger partial charge is 0.240 e. The molecule has 0 bridgehead atoms. The van der Waals surface area contributed by atoms with E-state index in [0.717, 1.165) is 35.9 Å². The van der Waals surface area contributed by atoms with Crippen LogP contribution in [-0.2, 0) is 26.3 Å². The first-order valence-corrected chi connectivity index (χ1v) is 13.5. The number of nitrogens with one attached hydrogen (secondary N) is 1. The molecule has 10 heteroatoms. The molecule has 7 nitrogen and oxygen atoms in total. The molecule has 0 saturated heterocycles. The summed E-state index contributed by atoms with van der Waals surface area (Å²) in [7, 11) is -6.48. The van der Waals surface area contributed by atoms with Crippen molar-refractivity contribution < 1.29 is 30.7 Å². The van der Waals surface area contributed by atoms with Crippen molar-refractivity contribution in [2.24, 2.45) is 0 Å². The van der Waals surface area contributed by atoms with Gasteiger partial charge in [-0.25, -0.2) is 25.9 Å². The van der Waals surface area contributed by atoms with E-state index in [1.54, 1.807) is 26.2 Å². The number of halogens is 1. The highest BCUT2D eigenvalue weighted by molar-refractivity contribution is 7.91. The van der Waals surface area contributed by atoms with Crippen molar-refractivity contribution in [1.82, 2.24) is 4.72 Å². The van der Waals surface area contributed by atoms with E-state index in [9.17, 15) is 21.2 Å². The highest BCUT2D eigenvalue weighted by Crippen LogP contribution is 2.28. The topological polar surface area (TPSA) is 98.8 Å². The molecular weight excluding hydrogens is 481 g/mol. The summed E-state index contributed by atoms with van der Waals surface area (Å²) >= 11 is 0. The van der Waals surface area contributed by atoms with Crippen molar-refractivity contribution in [2.75, 3.05) is 20.3 Å². The predicted octanol–water partition coefficient (Wildman–Crippen LogP) is 3.90. The largest absolute Gasteiger partial charge is 0.493 e. The van der Waals surface area contributed by atoms with Crippen LogP contribution in [0.3, 0.4) is 0 Å². The molecule has 182 valence electrons. The molecular formula is C24H26FNO6S2. The Labute approximate surface area is 199 Å². The zero-order valence-corrected chi connectivity index (χ0v) is 20.7. The molecule has 3 rings (SSSR count). The maximum atomic E-state index is 13.2. The highest BCUT2D eigenvalue weighted by atomic mass is 32.2. The number of methoxy groups -OCH3 is 1. The summed E-state index contributed by atoms with van der Waals surface area (Å²) in [6.45, 7) is 3.99. The molecule has 1 N–H and O–H groups in total. The predicted molar refractivity (Wildman–Crippen MR) is 126 cm³/mol. The van der Waals surface area contributed by atoms with Crippen LogP contribution >= 0.6 is 0 Å². The Bertz CT molecular complexity index is 1370. The summed E-state index contributed by atoms with van der Waals surface area (Å²) in [4.78, 5) is -0.458. The number of sulfonamides is 1. The molecule has 0 amide bonds. The Hall–Kier alpha value is -2.95. The minimum atomic E-state index is -4.02.